The van der Waals surface area contributed by atoms with Crippen molar-refractivity contribution in [3.8, 4) is 0 Å². The third-order valence-electron chi connectivity index (χ3n) is 3.47. The van der Waals surface area contributed by atoms with E-state index in [1.165, 1.54) is 17.2 Å². The van der Waals surface area contributed by atoms with E-state index in [9.17, 15) is 14.7 Å². The molecule has 3 rings (SSSR count). The van der Waals surface area contributed by atoms with Crippen LogP contribution in [0.5, 0.6) is 0 Å². The molecule has 1 N–H and O–H groups in total. The number of amides is 1. The number of para-hydroxylation sites is 1. The van der Waals surface area contributed by atoms with Gasteiger partial charge in [0.1, 0.15) is 11.7 Å². The Morgan fingerprint density at radius 3 is 2.76 bits per heavy atom. The van der Waals surface area contributed by atoms with Crippen molar-refractivity contribution in [2.75, 3.05) is 11.4 Å². The molecule has 0 saturated heterocycles. The van der Waals surface area contributed by atoms with E-state index >= 15 is 0 Å². The molecule has 0 bridgehead atoms. The highest BCUT2D eigenvalue weighted by Crippen LogP contribution is 2.36. The standard InChI is InChI=1S/C16H13NO4/c18-15(8-7-11-4-3-9-21-11)17-10-13(16(19)20)12-5-1-2-6-14(12)17/h1-9,13H,10H2,(H,19,20)/b8-7+. The normalized spacial score (nSPS) is 17.1. The molecule has 0 spiro atoms. The number of furan rings is 1. The average molecular weight is 283 g/mol. The number of anilines is 1. The zero-order valence-corrected chi connectivity index (χ0v) is 11.1. The van der Waals surface area contributed by atoms with Crippen molar-refractivity contribution >= 4 is 23.6 Å². The largest absolute Gasteiger partial charge is 0.481 e. The number of aliphatic carboxylic acids is 1. The fraction of sp³-hybridized carbons (Fsp3) is 0.125. The fourth-order valence-electron chi connectivity index (χ4n) is 2.46. The van der Waals surface area contributed by atoms with Crippen LogP contribution in [0.25, 0.3) is 6.08 Å². The summed E-state index contributed by atoms with van der Waals surface area (Å²) in [5.41, 5.74) is 1.32. The summed E-state index contributed by atoms with van der Waals surface area (Å²) in [5.74, 6) is -1.29. The van der Waals surface area contributed by atoms with Crippen molar-refractivity contribution in [1.82, 2.24) is 0 Å². The van der Waals surface area contributed by atoms with Gasteiger partial charge in [0, 0.05) is 18.3 Å². The highest BCUT2D eigenvalue weighted by atomic mass is 16.4. The molecule has 106 valence electrons. The highest BCUT2D eigenvalue weighted by molar-refractivity contribution is 6.06. The van der Waals surface area contributed by atoms with Gasteiger partial charge in [-0.3, -0.25) is 9.59 Å². The van der Waals surface area contributed by atoms with Crippen LogP contribution in [0.1, 0.15) is 17.2 Å². The zero-order chi connectivity index (χ0) is 14.8. The Hall–Kier alpha value is -2.82. The second-order valence-electron chi connectivity index (χ2n) is 4.75. The zero-order valence-electron chi connectivity index (χ0n) is 11.1. The smallest absolute Gasteiger partial charge is 0.312 e. The molecule has 1 atom stereocenters. The van der Waals surface area contributed by atoms with Gasteiger partial charge in [-0.25, -0.2) is 0 Å². The Labute approximate surface area is 121 Å². The van der Waals surface area contributed by atoms with Gasteiger partial charge in [0.15, 0.2) is 0 Å². The first kappa shape index (κ1) is 13.2. The van der Waals surface area contributed by atoms with Crippen molar-refractivity contribution in [2.24, 2.45) is 0 Å². The van der Waals surface area contributed by atoms with Crippen molar-refractivity contribution in [3.63, 3.8) is 0 Å². The molecule has 5 heteroatoms. The van der Waals surface area contributed by atoms with Gasteiger partial charge < -0.3 is 14.4 Å². The summed E-state index contributed by atoms with van der Waals surface area (Å²) >= 11 is 0. The summed E-state index contributed by atoms with van der Waals surface area (Å²) in [5, 5.41) is 9.27. The van der Waals surface area contributed by atoms with Crippen molar-refractivity contribution in [2.45, 2.75) is 5.92 Å². The Balaban J connectivity index is 1.86. The third kappa shape index (κ3) is 2.45. The molecule has 0 radical (unpaired) electrons. The molecule has 1 aliphatic heterocycles. The van der Waals surface area contributed by atoms with Crippen LogP contribution in [-0.2, 0) is 9.59 Å². The lowest BCUT2D eigenvalue weighted by Gasteiger charge is -2.14. The number of carboxylic acid groups (broad SMARTS) is 1. The molecule has 1 aromatic heterocycles. The second-order valence-corrected chi connectivity index (χ2v) is 4.75. The van der Waals surface area contributed by atoms with E-state index in [0.717, 1.165) is 0 Å². The number of carbonyl (C=O) groups excluding carboxylic acids is 1. The summed E-state index contributed by atoms with van der Waals surface area (Å²) in [4.78, 5) is 25.1. The first-order valence-corrected chi connectivity index (χ1v) is 6.51. The number of hydrogen-bond acceptors (Lipinski definition) is 3. The van der Waals surface area contributed by atoms with E-state index in [1.807, 2.05) is 0 Å². The van der Waals surface area contributed by atoms with E-state index in [0.29, 0.717) is 17.0 Å². The third-order valence-corrected chi connectivity index (χ3v) is 3.47. The molecule has 2 aromatic rings. The van der Waals surface area contributed by atoms with Gasteiger partial charge in [0.2, 0.25) is 0 Å². The number of carboxylic acids is 1. The first-order valence-electron chi connectivity index (χ1n) is 6.51. The van der Waals surface area contributed by atoms with Gasteiger partial charge in [-0.05, 0) is 29.8 Å². The number of rotatable bonds is 3. The van der Waals surface area contributed by atoms with Gasteiger partial charge in [0.25, 0.3) is 5.91 Å². The molecule has 5 nitrogen and oxygen atoms in total. The number of hydrogen-bond donors (Lipinski definition) is 1. The summed E-state index contributed by atoms with van der Waals surface area (Å²) in [6.07, 6.45) is 4.48. The fourth-order valence-corrected chi connectivity index (χ4v) is 2.46. The Kier molecular flexibility index (Phi) is 3.31. The average Bonchev–Trinajstić information content (AvgIpc) is 3.12. The van der Waals surface area contributed by atoms with E-state index < -0.39 is 11.9 Å². The summed E-state index contributed by atoms with van der Waals surface area (Å²) in [6.45, 7) is 0.149. The SMILES string of the molecule is O=C(O)C1CN(C(=O)/C=C/c2ccco2)c2ccccc21. The summed E-state index contributed by atoms with van der Waals surface area (Å²) in [7, 11) is 0. The van der Waals surface area contributed by atoms with Gasteiger partial charge >= 0.3 is 5.97 Å². The van der Waals surface area contributed by atoms with Crippen molar-refractivity contribution in [1.29, 1.82) is 0 Å². The number of carbonyl (C=O) groups is 2. The van der Waals surface area contributed by atoms with Gasteiger partial charge in [0.05, 0.1) is 6.26 Å². The predicted molar refractivity (Wildman–Crippen MR) is 76.9 cm³/mol. The van der Waals surface area contributed by atoms with Crippen LogP contribution in [0.2, 0.25) is 0 Å². The maximum absolute atomic E-state index is 12.3. The second kappa shape index (κ2) is 5.28. The van der Waals surface area contributed by atoms with Crippen LogP contribution in [0, 0.1) is 0 Å². The molecule has 2 heterocycles. The lowest BCUT2D eigenvalue weighted by molar-refractivity contribution is -0.138. The van der Waals surface area contributed by atoms with Crippen LogP contribution in [-0.4, -0.2) is 23.5 Å². The van der Waals surface area contributed by atoms with Crippen LogP contribution < -0.4 is 4.90 Å². The molecule has 0 saturated carbocycles. The van der Waals surface area contributed by atoms with Crippen molar-refractivity contribution < 1.29 is 19.1 Å². The molecule has 1 amide bonds. The van der Waals surface area contributed by atoms with Gasteiger partial charge in [-0.1, -0.05) is 18.2 Å². The maximum atomic E-state index is 12.3. The summed E-state index contributed by atoms with van der Waals surface area (Å²) in [6, 6.07) is 10.5. The van der Waals surface area contributed by atoms with E-state index in [2.05, 4.69) is 0 Å². The summed E-state index contributed by atoms with van der Waals surface area (Å²) < 4.78 is 5.12. The van der Waals surface area contributed by atoms with Gasteiger partial charge in [-0.15, -0.1) is 0 Å². The minimum Gasteiger partial charge on any atom is -0.481 e. The van der Waals surface area contributed by atoms with Crippen LogP contribution in [0.4, 0.5) is 5.69 Å². The predicted octanol–water partition coefficient (Wildman–Crippen LogP) is 2.51. The van der Waals surface area contributed by atoms with Crippen LogP contribution >= 0.6 is 0 Å². The number of nitrogens with zero attached hydrogens (tertiary/aromatic N) is 1. The lowest BCUT2D eigenvalue weighted by Crippen LogP contribution is -2.29. The Morgan fingerprint density at radius 1 is 1.24 bits per heavy atom. The number of fused-ring (bicyclic) bond motifs is 1. The molecule has 0 aliphatic carbocycles. The monoisotopic (exact) mass is 283 g/mol. The van der Waals surface area contributed by atoms with E-state index in [-0.39, 0.29) is 12.5 Å². The Morgan fingerprint density at radius 2 is 2.05 bits per heavy atom. The Bertz CT molecular complexity index is 703. The quantitative estimate of drug-likeness (QED) is 0.879. The number of benzene rings is 1. The van der Waals surface area contributed by atoms with Crippen LogP contribution in [0.15, 0.2) is 53.2 Å². The molecule has 1 aliphatic rings. The molecule has 1 unspecified atom stereocenters. The van der Waals surface area contributed by atoms with Crippen LogP contribution in [0.3, 0.4) is 0 Å². The lowest BCUT2D eigenvalue weighted by atomic mass is 10.0. The molecular formula is C16H13NO4. The van der Waals surface area contributed by atoms with Gasteiger partial charge in [-0.2, -0.15) is 0 Å². The molecule has 1 aromatic carbocycles. The van der Waals surface area contributed by atoms with E-state index in [1.54, 1.807) is 42.5 Å². The minimum atomic E-state index is -0.923. The highest BCUT2D eigenvalue weighted by Gasteiger charge is 2.35. The van der Waals surface area contributed by atoms with Crippen molar-refractivity contribution in [3.05, 3.63) is 60.1 Å². The first-order chi connectivity index (χ1) is 10.2. The van der Waals surface area contributed by atoms with E-state index in [4.69, 9.17) is 4.42 Å². The molecule has 0 fully saturated rings. The molecule has 21 heavy (non-hydrogen) atoms. The molecular weight excluding hydrogens is 270 g/mol. The minimum absolute atomic E-state index is 0.149. The topological polar surface area (TPSA) is 70.8 Å². The maximum Gasteiger partial charge on any atom is 0.312 e.